The van der Waals surface area contributed by atoms with Crippen molar-refractivity contribution in [1.29, 1.82) is 5.26 Å². The Kier molecular flexibility index (Phi) is 5.34. The summed E-state index contributed by atoms with van der Waals surface area (Å²) >= 11 is 0. The van der Waals surface area contributed by atoms with Gasteiger partial charge < -0.3 is 5.32 Å². The maximum atomic E-state index is 8.91. The molecular weight excluding hydrogens is 244 g/mol. The van der Waals surface area contributed by atoms with E-state index in [0.29, 0.717) is 6.04 Å². The Balaban J connectivity index is 1.92. The van der Waals surface area contributed by atoms with Crippen LogP contribution < -0.4 is 5.32 Å². The summed E-state index contributed by atoms with van der Waals surface area (Å²) in [5, 5.41) is 12.5. The van der Waals surface area contributed by atoms with E-state index >= 15 is 0 Å². The number of nitrogens with zero attached hydrogens (tertiary/aromatic N) is 1. The lowest BCUT2D eigenvalue weighted by Crippen LogP contribution is -2.30. The molecule has 2 rings (SSSR count). The molecule has 0 heterocycles. The number of hydrogen-bond acceptors (Lipinski definition) is 2. The average Bonchev–Trinajstić information content (AvgIpc) is 2.52. The van der Waals surface area contributed by atoms with Crippen molar-refractivity contribution in [1.82, 2.24) is 5.32 Å². The van der Waals surface area contributed by atoms with Gasteiger partial charge in [0.15, 0.2) is 0 Å². The molecule has 0 aliphatic heterocycles. The molecule has 0 bridgehead atoms. The van der Waals surface area contributed by atoms with Gasteiger partial charge in [-0.3, -0.25) is 0 Å². The van der Waals surface area contributed by atoms with Crippen LogP contribution in [-0.2, 0) is 13.0 Å². The molecule has 2 heteroatoms. The number of nitriles is 1. The van der Waals surface area contributed by atoms with Gasteiger partial charge in [-0.2, -0.15) is 5.26 Å². The van der Waals surface area contributed by atoms with E-state index < -0.39 is 0 Å². The summed E-state index contributed by atoms with van der Waals surface area (Å²) in [6.45, 7) is 3.01. The van der Waals surface area contributed by atoms with Crippen LogP contribution in [0.3, 0.4) is 0 Å². The zero-order chi connectivity index (χ0) is 14.2. The van der Waals surface area contributed by atoms with Crippen molar-refractivity contribution in [3.63, 3.8) is 0 Å². The monoisotopic (exact) mass is 264 g/mol. The van der Waals surface area contributed by atoms with E-state index in [2.05, 4.69) is 48.6 Å². The van der Waals surface area contributed by atoms with Gasteiger partial charge in [-0.1, -0.05) is 49.4 Å². The lowest BCUT2D eigenvalue weighted by molar-refractivity contribution is 0.494. The van der Waals surface area contributed by atoms with E-state index in [4.69, 9.17) is 5.26 Å². The van der Waals surface area contributed by atoms with E-state index in [0.717, 1.165) is 30.5 Å². The molecule has 0 amide bonds. The fourth-order valence-corrected chi connectivity index (χ4v) is 2.27. The molecule has 0 spiro atoms. The lowest BCUT2D eigenvalue weighted by Gasteiger charge is -2.17. The Morgan fingerprint density at radius 2 is 1.80 bits per heavy atom. The van der Waals surface area contributed by atoms with Gasteiger partial charge in [0.25, 0.3) is 0 Å². The third-order valence-corrected chi connectivity index (χ3v) is 3.47. The second-order valence-corrected chi connectivity index (χ2v) is 4.99. The first kappa shape index (κ1) is 14.3. The number of nitrogens with one attached hydrogen (secondary N) is 1. The summed E-state index contributed by atoms with van der Waals surface area (Å²) < 4.78 is 0. The minimum atomic E-state index is 0.461. The molecule has 0 aliphatic carbocycles. The molecule has 2 aromatic rings. The molecule has 0 aromatic heterocycles. The standard InChI is InChI=1S/C18H20N2/c1-2-18(12-15-7-4-3-5-8-15)20-14-17-10-6-9-16(11-17)13-19/h3-11,18,20H,2,12,14H2,1H3. The van der Waals surface area contributed by atoms with Crippen LogP contribution in [0.2, 0.25) is 0 Å². The van der Waals surface area contributed by atoms with E-state index in [1.165, 1.54) is 5.56 Å². The minimum absolute atomic E-state index is 0.461. The summed E-state index contributed by atoms with van der Waals surface area (Å²) in [5.74, 6) is 0. The Hall–Kier alpha value is -2.11. The average molecular weight is 264 g/mol. The van der Waals surface area contributed by atoms with Crippen LogP contribution in [0.5, 0.6) is 0 Å². The number of rotatable bonds is 6. The van der Waals surface area contributed by atoms with Crippen molar-refractivity contribution in [3.8, 4) is 6.07 Å². The van der Waals surface area contributed by atoms with Crippen LogP contribution in [0.1, 0.15) is 30.0 Å². The van der Waals surface area contributed by atoms with Gasteiger partial charge in [0, 0.05) is 12.6 Å². The van der Waals surface area contributed by atoms with Crippen molar-refractivity contribution >= 4 is 0 Å². The summed E-state index contributed by atoms with van der Waals surface area (Å²) in [4.78, 5) is 0. The summed E-state index contributed by atoms with van der Waals surface area (Å²) in [7, 11) is 0. The van der Waals surface area contributed by atoms with E-state index in [1.54, 1.807) is 0 Å². The van der Waals surface area contributed by atoms with E-state index in [-0.39, 0.29) is 0 Å². The van der Waals surface area contributed by atoms with E-state index in [1.807, 2.05) is 24.3 Å². The molecule has 1 N–H and O–H groups in total. The predicted octanol–water partition coefficient (Wildman–Crippen LogP) is 3.67. The molecule has 0 saturated carbocycles. The van der Waals surface area contributed by atoms with Gasteiger partial charge in [-0.05, 0) is 36.1 Å². The second kappa shape index (κ2) is 7.47. The predicted molar refractivity (Wildman–Crippen MR) is 82.2 cm³/mol. The van der Waals surface area contributed by atoms with Crippen molar-refractivity contribution < 1.29 is 0 Å². The summed E-state index contributed by atoms with van der Waals surface area (Å²) in [6.07, 6.45) is 2.13. The molecule has 2 nitrogen and oxygen atoms in total. The lowest BCUT2D eigenvalue weighted by atomic mass is 10.0. The van der Waals surface area contributed by atoms with Crippen LogP contribution in [0.4, 0.5) is 0 Å². The third kappa shape index (κ3) is 4.22. The smallest absolute Gasteiger partial charge is 0.0991 e. The molecule has 2 aromatic carbocycles. The molecule has 0 fully saturated rings. The van der Waals surface area contributed by atoms with Crippen LogP contribution in [-0.4, -0.2) is 6.04 Å². The van der Waals surface area contributed by atoms with Crippen molar-refractivity contribution in [2.24, 2.45) is 0 Å². The molecule has 1 unspecified atom stereocenters. The largest absolute Gasteiger partial charge is 0.310 e. The number of hydrogen-bond donors (Lipinski definition) is 1. The van der Waals surface area contributed by atoms with Gasteiger partial charge in [-0.25, -0.2) is 0 Å². The third-order valence-electron chi connectivity index (χ3n) is 3.47. The molecular formula is C18H20N2. The van der Waals surface area contributed by atoms with Crippen LogP contribution in [0.25, 0.3) is 0 Å². The van der Waals surface area contributed by atoms with Gasteiger partial charge in [0.1, 0.15) is 0 Å². The second-order valence-electron chi connectivity index (χ2n) is 4.99. The zero-order valence-electron chi connectivity index (χ0n) is 11.8. The summed E-state index contributed by atoms with van der Waals surface area (Å²) in [6, 6.07) is 21.0. The fraction of sp³-hybridized carbons (Fsp3) is 0.278. The molecule has 0 saturated heterocycles. The first-order valence-corrected chi connectivity index (χ1v) is 7.08. The fourth-order valence-electron chi connectivity index (χ4n) is 2.27. The highest BCUT2D eigenvalue weighted by atomic mass is 14.9. The van der Waals surface area contributed by atoms with Gasteiger partial charge in [0.2, 0.25) is 0 Å². The van der Waals surface area contributed by atoms with Gasteiger partial charge in [-0.15, -0.1) is 0 Å². The van der Waals surface area contributed by atoms with Gasteiger partial charge in [0.05, 0.1) is 11.6 Å². The van der Waals surface area contributed by atoms with E-state index in [9.17, 15) is 0 Å². The highest BCUT2D eigenvalue weighted by Gasteiger charge is 2.06. The SMILES string of the molecule is CCC(Cc1ccccc1)NCc1cccc(C#N)c1. The highest BCUT2D eigenvalue weighted by Crippen LogP contribution is 2.08. The molecule has 1 atom stereocenters. The Morgan fingerprint density at radius 1 is 1.05 bits per heavy atom. The molecule has 102 valence electrons. The van der Waals surface area contributed by atoms with Crippen LogP contribution in [0, 0.1) is 11.3 Å². The zero-order valence-corrected chi connectivity index (χ0v) is 11.8. The quantitative estimate of drug-likeness (QED) is 0.864. The van der Waals surface area contributed by atoms with Crippen LogP contribution in [0.15, 0.2) is 54.6 Å². The first-order valence-electron chi connectivity index (χ1n) is 7.08. The molecule has 20 heavy (non-hydrogen) atoms. The highest BCUT2D eigenvalue weighted by molar-refractivity contribution is 5.32. The van der Waals surface area contributed by atoms with Crippen molar-refractivity contribution in [3.05, 3.63) is 71.3 Å². The molecule has 0 aliphatic rings. The first-order chi connectivity index (χ1) is 9.81. The van der Waals surface area contributed by atoms with Crippen molar-refractivity contribution in [2.75, 3.05) is 0 Å². The Bertz CT molecular complexity index is 569. The van der Waals surface area contributed by atoms with Gasteiger partial charge >= 0.3 is 0 Å². The topological polar surface area (TPSA) is 35.8 Å². The Labute approximate surface area is 121 Å². The Morgan fingerprint density at radius 3 is 2.50 bits per heavy atom. The maximum absolute atomic E-state index is 8.91. The van der Waals surface area contributed by atoms with Crippen molar-refractivity contribution in [2.45, 2.75) is 32.4 Å². The normalized spacial score (nSPS) is 11.8. The minimum Gasteiger partial charge on any atom is -0.310 e. The van der Waals surface area contributed by atoms with Crippen LogP contribution >= 0.6 is 0 Å². The number of benzene rings is 2. The molecule has 0 radical (unpaired) electrons. The maximum Gasteiger partial charge on any atom is 0.0991 e. The summed E-state index contributed by atoms with van der Waals surface area (Å²) in [5.41, 5.74) is 3.24.